The van der Waals surface area contributed by atoms with Crippen molar-refractivity contribution in [3.05, 3.63) is 76.5 Å². The number of carbonyl (C=O) groups excluding carboxylic acids is 2. The van der Waals surface area contributed by atoms with Gasteiger partial charge in [-0.05, 0) is 37.6 Å². The second-order valence-corrected chi connectivity index (χ2v) is 6.04. The lowest BCUT2D eigenvalue weighted by Gasteiger charge is -2.11. The molecule has 2 aromatic carbocycles. The van der Waals surface area contributed by atoms with Gasteiger partial charge in [-0.1, -0.05) is 47.5 Å². The average Bonchev–Trinajstić information content (AvgIpc) is 2.63. The molecule has 0 heterocycles. The smallest absolute Gasteiger partial charge is 0.267 e. The highest BCUT2D eigenvalue weighted by molar-refractivity contribution is 6.05. The highest BCUT2D eigenvalue weighted by Crippen LogP contribution is 2.09. The predicted molar refractivity (Wildman–Crippen MR) is 103 cm³/mol. The topological polar surface area (TPSA) is 67.4 Å². The Bertz CT molecular complexity index is 778. The second-order valence-electron chi connectivity index (χ2n) is 6.04. The van der Waals surface area contributed by atoms with Crippen LogP contribution in [0.25, 0.3) is 6.08 Å². The summed E-state index contributed by atoms with van der Waals surface area (Å²) >= 11 is 0. The fourth-order valence-corrected chi connectivity index (χ4v) is 2.25. The Morgan fingerprint density at radius 2 is 1.54 bits per heavy atom. The van der Waals surface area contributed by atoms with Crippen LogP contribution in [0.5, 0.6) is 0 Å². The Morgan fingerprint density at radius 1 is 0.962 bits per heavy atom. The maximum absolute atomic E-state index is 12.5. The summed E-state index contributed by atoms with van der Waals surface area (Å²) in [4.78, 5) is 24.9. The summed E-state index contributed by atoms with van der Waals surface area (Å²) in [5.41, 5.74) is 3.70. The van der Waals surface area contributed by atoms with Crippen molar-refractivity contribution < 1.29 is 14.3 Å². The summed E-state index contributed by atoms with van der Waals surface area (Å²) in [5.74, 6) is -0.687. The fraction of sp³-hybridized carbons (Fsp3) is 0.238. The SMILES string of the molecule is COCCNC(=O)C(=Cc1ccc(C)cc1)NC(=O)c1ccc(C)cc1. The first-order valence-electron chi connectivity index (χ1n) is 8.43. The lowest BCUT2D eigenvalue weighted by atomic mass is 10.1. The van der Waals surface area contributed by atoms with Crippen molar-refractivity contribution in [2.75, 3.05) is 20.3 Å². The summed E-state index contributed by atoms with van der Waals surface area (Å²) in [5, 5.41) is 5.45. The second kappa shape index (κ2) is 9.53. The maximum atomic E-state index is 12.5. The molecule has 5 nitrogen and oxygen atoms in total. The van der Waals surface area contributed by atoms with Crippen molar-refractivity contribution in [1.29, 1.82) is 0 Å². The summed E-state index contributed by atoms with van der Waals surface area (Å²) in [6.45, 7) is 4.70. The molecule has 0 fully saturated rings. The van der Waals surface area contributed by atoms with Gasteiger partial charge < -0.3 is 15.4 Å². The van der Waals surface area contributed by atoms with E-state index in [9.17, 15) is 9.59 Å². The Hall–Kier alpha value is -2.92. The number of benzene rings is 2. The number of ether oxygens (including phenoxy) is 1. The molecular weight excluding hydrogens is 328 g/mol. The number of carbonyl (C=O) groups is 2. The van der Waals surface area contributed by atoms with Crippen LogP contribution in [0, 0.1) is 13.8 Å². The van der Waals surface area contributed by atoms with Gasteiger partial charge in [-0.25, -0.2) is 0 Å². The van der Waals surface area contributed by atoms with Gasteiger partial charge >= 0.3 is 0 Å². The van der Waals surface area contributed by atoms with Crippen LogP contribution >= 0.6 is 0 Å². The lowest BCUT2D eigenvalue weighted by molar-refractivity contribution is -0.117. The molecule has 0 aromatic heterocycles. The van der Waals surface area contributed by atoms with Gasteiger partial charge in [0, 0.05) is 19.2 Å². The molecule has 0 spiro atoms. The van der Waals surface area contributed by atoms with Crippen LogP contribution in [-0.2, 0) is 9.53 Å². The fourth-order valence-electron chi connectivity index (χ4n) is 2.25. The van der Waals surface area contributed by atoms with Crippen molar-refractivity contribution in [2.45, 2.75) is 13.8 Å². The first-order chi connectivity index (χ1) is 12.5. The zero-order chi connectivity index (χ0) is 18.9. The minimum atomic E-state index is -0.358. The average molecular weight is 352 g/mol. The normalized spacial score (nSPS) is 11.1. The molecule has 0 aliphatic carbocycles. The summed E-state index contributed by atoms with van der Waals surface area (Å²) in [7, 11) is 1.56. The van der Waals surface area contributed by atoms with E-state index in [4.69, 9.17) is 4.74 Å². The molecule has 0 saturated heterocycles. The number of hydrogen-bond donors (Lipinski definition) is 2. The third kappa shape index (κ3) is 5.86. The molecule has 0 radical (unpaired) electrons. The molecule has 0 aliphatic heterocycles. The van der Waals surface area contributed by atoms with E-state index in [2.05, 4.69) is 10.6 Å². The van der Waals surface area contributed by atoms with E-state index >= 15 is 0 Å². The minimum Gasteiger partial charge on any atom is -0.383 e. The molecule has 0 atom stereocenters. The Kier molecular flexibility index (Phi) is 7.12. The lowest BCUT2D eigenvalue weighted by Crippen LogP contribution is -2.36. The molecule has 5 heteroatoms. The van der Waals surface area contributed by atoms with Crippen LogP contribution in [0.1, 0.15) is 27.0 Å². The van der Waals surface area contributed by atoms with Crippen LogP contribution in [0.3, 0.4) is 0 Å². The zero-order valence-corrected chi connectivity index (χ0v) is 15.3. The number of hydrogen-bond acceptors (Lipinski definition) is 3. The molecule has 26 heavy (non-hydrogen) atoms. The summed E-state index contributed by atoms with van der Waals surface area (Å²) in [6, 6.07) is 14.9. The maximum Gasteiger partial charge on any atom is 0.267 e. The highest BCUT2D eigenvalue weighted by atomic mass is 16.5. The van der Waals surface area contributed by atoms with Crippen molar-refractivity contribution in [3.63, 3.8) is 0 Å². The van der Waals surface area contributed by atoms with E-state index in [1.54, 1.807) is 25.3 Å². The Labute approximate surface area is 154 Å². The van der Waals surface area contributed by atoms with E-state index in [0.717, 1.165) is 16.7 Å². The third-order valence-electron chi connectivity index (χ3n) is 3.79. The third-order valence-corrected chi connectivity index (χ3v) is 3.79. The molecule has 0 unspecified atom stereocenters. The van der Waals surface area contributed by atoms with E-state index in [1.807, 2.05) is 50.2 Å². The van der Waals surface area contributed by atoms with Gasteiger partial charge in [-0.2, -0.15) is 0 Å². The minimum absolute atomic E-state index is 0.190. The van der Waals surface area contributed by atoms with E-state index < -0.39 is 0 Å². The Morgan fingerprint density at radius 3 is 2.12 bits per heavy atom. The Balaban J connectivity index is 2.21. The van der Waals surface area contributed by atoms with Crippen LogP contribution in [0.15, 0.2) is 54.2 Å². The standard InChI is InChI=1S/C21H24N2O3/c1-15-4-8-17(9-5-15)14-19(21(25)22-12-13-26-3)23-20(24)18-10-6-16(2)7-11-18/h4-11,14H,12-13H2,1-3H3,(H,22,25)(H,23,24). The quantitative estimate of drug-likeness (QED) is 0.595. The highest BCUT2D eigenvalue weighted by Gasteiger charge is 2.14. The van der Waals surface area contributed by atoms with Gasteiger partial charge in [0.1, 0.15) is 5.70 Å². The van der Waals surface area contributed by atoms with E-state index in [1.165, 1.54) is 0 Å². The monoisotopic (exact) mass is 352 g/mol. The van der Waals surface area contributed by atoms with Gasteiger partial charge in [0.05, 0.1) is 6.61 Å². The zero-order valence-electron chi connectivity index (χ0n) is 15.3. The summed E-state index contributed by atoms with van der Waals surface area (Å²) < 4.78 is 4.94. The van der Waals surface area contributed by atoms with Crippen LogP contribution in [-0.4, -0.2) is 32.1 Å². The molecular formula is C21H24N2O3. The number of aryl methyl sites for hydroxylation is 2. The largest absolute Gasteiger partial charge is 0.383 e. The number of nitrogens with one attached hydrogen (secondary N) is 2. The van der Waals surface area contributed by atoms with Crippen LogP contribution in [0.2, 0.25) is 0 Å². The van der Waals surface area contributed by atoms with E-state index in [-0.39, 0.29) is 17.5 Å². The number of amides is 2. The van der Waals surface area contributed by atoms with Crippen molar-refractivity contribution >= 4 is 17.9 Å². The molecule has 136 valence electrons. The summed E-state index contributed by atoms with van der Waals surface area (Å²) in [6.07, 6.45) is 1.66. The van der Waals surface area contributed by atoms with Crippen molar-refractivity contribution in [3.8, 4) is 0 Å². The number of rotatable bonds is 7. The molecule has 0 bridgehead atoms. The molecule has 0 saturated carbocycles. The molecule has 2 aromatic rings. The van der Waals surface area contributed by atoms with E-state index in [0.29, 0.717) is 18.7 Å². The number of methoxy groups -OCH3 is 1. The molecule has 2 rings (SSSR count). The van der Waals surface area contributed by atoms with Gasteiger partial charge in [0.25, 0.3) is 11.8 Å². The van der Waals surface area contributed by atoms with Gasteiger partial charge in [-0.3, -0.25) is 9.59 Å². The van der Waals surface area contributed by atoms with Crippen molar-refractivity contribution in [1.82, 2.24) is 10.6 Å². The van der Waals surface area contributed by atoms with Crippen LogP contribution in [0.4, 0.5) is 0 Å². The van der Waals surface area contributed by atoms with Gasteiger partial charge in [0.2, 0.25) is 0 Å². The first kappa shape index (κ1) is 19.4. The van der Waals surface area contributed by atoms with Crippen molar-refractivity contribution in [2.24, 2.45) is 0 Å². The first-order valence-corrected chi connectivity index (χ1v) is 8.43. The van der Waals surface area contributed by atoms with Gasteiger partial charge in [-0.15, -0.1) is 0 Å². The van der Waals surface area contributed by atoms with Crippen LogP contribution < -0.4 is 10.6 Å². The van der Waals surface area contributed by atoms with Gasteiger partial charge in [0.15, 0.2) is 0 Å². The molecule has 2 amide bonds. The molecule has 0 aliphatic rings. The molecule has 2 N–H and O–H groups in total. The predicted octanol–water partition coefficient (Wildman–Crippen LogP) is 2.84.